The summed E-state index contributed by atoms with van der Waals surface area (Å²) in [7, 11) is 0. The van der Waals surface area contributed by atoms with Crippen molar-refractivity contribution in [1.82, 2.24) is 5.32 Å². The van der Waals surface area contributed by atoms with E-state index in [1.165, 1.54) is 5.56 Å². The van der Waals surface area contributed by atoms with Gasteiger partial charge in [0.2, 0.25) is 0 Å². The van der Waals surface area contributed by atoms with Gasteiger partial charge < -0.3 is 15.2 Å². The third kappa shape index (κ3) is 5.06. The van der Waals surface area contributed by atoms with Gasteiger partial charge in [0.05, 0.1) is 4.47 Å². The predicted octanol–water partition coefficient (Wildman–Crippen LogP) is 4.23. The second kappa shape index (κ2) is 7.48. The van der Waals surface area contributed by atoms with E-state index < -0.39 is 0 Å². The van der Waals surface area contributed by atoms with Crippen LogP contribution in [0.1, 0.15) is 25.0 Å². The van der Waals surface area contributed by atoms with Gasteiger partial charge in [-0.25, -0.2) is 0 Å². The smallest absolute Gasteiger partial charge is 0.134 e. The molecule has 0 fully saturated rings. The van der Waals surface area contributed by atoms with Crippen LogP contribution in [0.15, 0.2) is 46.9 Å². The van der Waals surface area contributed by atoms with Gasteiger partial charge in [0.25, 0.3) is 0 Å². The van der Waals surface area contributed by atoms with E-state index in [9.17, 15) is 5.11 Å². The molecule has 0 atom stereocenters. The fourth-order valence-corrected chi connectivity index (χ4v) is 2.39. The number of benzene rings is 2. The molecule has 0 aliphatic carbocycles. The predicted molar refractivity (Wildman–Crippen MR) is 88.6 cm³/mol. The number of hydrogen-bond acceptors (Lipinski definition) is 3. The molecule has 0 radical (unpaired) electrons. The second-order valence-electron chi connectivity index (χ2n) is 5.26. The monoisotopic (exact) mass is 349 g/mol. The Hall–Kier alpha value is -1.52. The van der Waals surface area contributed by atoms with Crippen molar-refractivity contribution in [2.45, 2.75) is 33.0 Å². The zero-order valence-electron chi connectivity index (χ0n) is 12.3. The lowest BCUT2D eigenvalue weighted by molar-refractivity contribution is 0.304. The second-order valence-corrected chi connectivity index (χ2v) is 6.11. The molecule has 2 N–H and O–H groups in total. The third-order valence-corrected chi connectivity index (χ3v) is 3.66. The van der Waals surface area contributed by atoms with Crippen LogP contribution >= 0.6 is 15.9 Å². The molecule has 0 saturated carbocycles. The molecule has 2 rings (SSSR count). The summed E-state index contributed by atoms with van der Waals surface area (Å²) < 4.78 is 6.74. The van der Waals surface area contributed by atoms with E-state index in [0.29, 0.717) is 12.6 Å². The molecule has 2 aromatic carbocycles. The Balaban J connectivity index is 1.95. The Morgan fingerprint density at radius 1 is 1.10 bits per heavy atom. The average molecular weight is 350 g/mol. The number of ether oxygens (including phenoxy) is 1. The highest BCUT2D eigenvalue weighted by atomic mass is 79.9. The summed E-state index contributed by atoms with van der Waals surface area (Å²) >= 11 is 3.55. The largest absolute Gasteiger partial charge is 0.508 e. The van der Waals surface area contributed by atoms with Crippen molar-refractivity contribution in [2.75, 3.05) is 0 Å². The number of halogens is 1. The SMILES string of the molecule is CC(C)NCc1ccc(OCc2ccc(O)cc2)c(Br)c1. The number of nitrogens with one attached hydrogen (secondary N) is 1. The standard InChI is InChI=1S/C17H20BrNO2/c1-12(2)19-10-14-5-8-17(16(18)9-14)21-11-13-3-6-15(20)7-4-13/h3-9,12,19-20H,10-11H2,1-2H3. The third-order valence-electron chi connectivity index (χ3n) is 3.04. The highest BCUT2D eigenvalue weighted by Crippen LogP contribution is 2.27. The lowest BCUT2D eigenvalue weighted by Gasteiger charge is -2.12. The Labute approximate surface area is 134 Å². The Morgan fingerprint density at radius 2 is 1.76 bits per heavy atom. The number of phenolic OH excluding ortho intramolecular Hbond substituents is 1. The van der Waals surface area contributed by atoms with E-state index in [-0.39, 0.29) is 5.75 Å². The molecule has 0 saturated heterocycles. The van der Waals surface area contributed by atoms with E-state index in [0.717, 1.165) is 22.3 Å². The van der Waals surface area contributed by atoms with Gasteiger partial charge >= 0.3 is 0 Å². The molecule has 0 aliphatic rings. The van der Waals surface area contributed by atoms with E-state index in [4.69, 9.17) is 4.74 Å². The number of aromatic hydroxyl groups is 1. The average Bonchev–Trinajstić information content (AvgIpc) is 2.46. The number of hydrogen-bond donors (Lipinski definition) is 2. The summed E-state index contributed by atoms with van der Waals surface area (Å²) in [5.74, 6) is 1.08. The zero-order valence-corrected chi connectivity index (χ0v) is 13.9. The van der Waals surface area contributed by atoms with Gasteiger partial charge in [0.1, 0.15) is 18.1 Å². The molecule has 21 heavy (non-hydrogen) atoms. The van der Waals surface area contributed by atoms with Crippen LogP contribution in [0.4, 0.5) is 0 Å². The van der Waals surface area contributed by atoms with Crippen molar-refractivity contribution in [3.63, 3.8) is 0 Å². The fraction of sp³-hybridized carbons (Fsp3) is 0.294. The van der Waals surface area contributed by atoms with Crippen molar-refractivity contribution in [1.29, 1.82) is 0 Å². The summed E-state index contributed by atoms with van der Waals surface area (Å²) in [6, 6.07) is 13.6. The maximum absolute atomic E-state index is 9.25. The van der Waals surface area contributed by atoms with Crippen molar-refractivity contribution in [2.24, 2.45) is 0 Å². The van der Waals surface area contributed by atoms with Crippen LogP contribution in [0.3, 0.4) is 0 Å². The number of rotatable bonds is 6. The summed E-state index contributed by atoms with van der Waals surface area (Å²) in [6.07, 6.45) is 0. The molecule has 0 aliphatic heterocycles. The lowest BCUT2D eigenvalue weighted by Crippen LogP contribution is -2.21. The zero-order chi connectivity index (χ0) is 15.2. The van der Waals surface area contributed by atoms with Crippen molar-refractivity contribution >= 4 is 15.9 Å². The molecule has 0 unspecified atom stereocenters. The van der Waals surface area contributed by atoms with Crippen LogP contribution in [-0.4, -0.2) is 11.1 Å². The highest BCUT2D eigenvalue weighted by Gasteiger charge is 2.04. The Kier molecular flexibility index (Phi) is 5.65. The molecule has 112 valence electrons. The molecule has 0 spiro atoms. The van der Waals surface area contributed by atoms with Crippen LogP contribution in [0.5, 0.6) is 11.5 Å². The normalized spacial score (nSPS) is 10.9. The Morgan fingerprint density at radius 3 is 2.38 bits per heavy atom. The van der Waals surface area contributed by atoms with E-state index >= 15 is 0 Å². The molecule has 2 aromatic rings. The maximum Gasteiger partial charge on any atom is 0.134 e. The summed E-state index contributed by atoms with van der Waals surface area (Å²) in [6.45, 7) is 5.57. The van der Waals surface area contributed by atoms with E-state index in [1.54, 1.807) is 12.1 Å². The van der Waals surface area contributed by atoms with Crippen LogP contribution in [-0.2, 0) is 13.2 Å². The Bertz CT molecular complexity index is 582. The summed E-state index contributed by atoms with van der Waals surface area (Å²) in [4.78, 5) is 0. The van der Waals surface area contributed by atoms with Crippen LogP contribution < -0.4 is 10.1 Å². The summed E-state index contributed by atoms with van der Waals surface area (Å²) in [5.41, 5.74) is 2.23. The minimum Gasteiger partial charge on any atom is -0.508 e. The maximum atomic E-state index is 9.25. The molecule has 0 aromatic heterocycles. The molecular formula is C17H20BrNO2. The van der Waals surface area contributed by atoms with E-state index in [1.807, 2.05) is 18.2 Å². The van der Waals surface area contributed by atoms with Crippen molar-refractivity contribution in [3.05, 3.63) is 58.1 Å². The van der Waals surface area contributed by atoms with Crippen molar-refractivity contribution in [3.8, 4) is 11.5 Å². The van der Waals surface area contributed by atoms with Gasteiger partial charge in [-0.15, -0.1) is 0 Å². The first kappa shape index (κ1) is 15.9. The van der Waals surface area contributed by atoms with Gasteiger partial charge in [0.15, 0.2) is 0 Å². The van der Waals surface area contributed by atoms with E-state index in [2.05, 4.69) is 47.2 Å². The minimum atomic E-state index is 0.266. The quantitative estimate of drug-likeness (QED) is 0.819. The van der Waals surface area contributed by atoms with Gasteiger partial charge in [-0.1, -0.05) is 32.0 Å². The van der Waals surface area contributed by atoms with Gasteiger partial charge in [-0.2, -0.15) is 0 Å². The highest BCUT2D eigenvalue weighted by molar-refractivity contribution is 9.10. The van der Waals surface area contributed by atoms with Gasteiger partial charge in [-0.3, -0.25) is 0 Å². The molecule has 0 amide bonds. The van der Waals surface area contributed by atoms with Crippen LogP contribution in [0, 0.1) is 0 Å². The molecular weight excluding hydrogens is 330 g/mol. The lowest BCUT2D eigenvalue weighted by atomic mass is 10.2. The summed E-state index contributed by atoms with van der Waals surface area (Å²) in [5, 5.41) is 12.6. The molecule has 4 heteroatoms. The fourth-order valence-electron chi connectivity index (χ4n) is 1.85. The molecule has 0 bridgehead atoms. The van der Waals surface area contributed by atoms with Crippen molar-refractivity contribution < 1.29 is 9.84 Å². The van der Waals surface area contributed by atoms with Crippen LogP contribution in [0.25, 0.3) is 0 Å². The first-order valence-electron chi connectivity index (χ1n) is 6.97. The van der Waals surface area contributed by atoms with Gasteiger partial charge in [-0.05, 0) is 51.3 Å². The van der Waals surface area contributed by atoms with Crippen LogP contribution in [0.2, 0.25) is 0 Å². The molecule has 0 heterocycles. The number of phenols is 1. The first-order chi connectivity index (χ1) is 10.0. The minimum absolute atomic E-state index is 0.266. The topological polar surface area (TPSA) is 41.5 Å². The first-order valence-corrected chi connectivity index (χ1v) is 7.76. The molecule has 3 nitrogen and oxygen atoms in total. The van der Waals surface area contributed by atoms with Gasteiger partial charge in [0, 0.05) is 12.6 Å².